The van der Waals surface area contributed by atoms with Gasteiger partial charge in [0.2, 0.25) is 0 Å². The topological polar surface area (TPSA) is 80.9 Å². The third-order valence-corrected chi connectivity index (χ3v) is 4.04. The number of para-hydroxylation sites is 1. The van der Waals surface area contributed by atoms with Gasteiger partial charge in [-0.3, -0.25) is 14.8 Å². The summed E-state index contributed by atoms with van der Waals surface area (Å²) in [7, 11) is 0. The van der Waals surface area contributed by atoms with Crippen molar-refractivity contribution in [1.82, 2.24) is 15.3 Å². The van der Waals surface area contributed by atoms with E-state index >= 15 is 0 Å². The van der Waals surface area contributed by atoms with Gasteiger partial charge in [0.1, 0.15) is 5.52 Å². The summed E-state index contributed by atoms with van der Waals surface area (Å²) in [5.74, 6) is 0.355. The van der Waals surface area contributed by atoms with Crippen LogP contribution in [0.3, 0.4) is 0 Å². The number of nitrogens with two attached hydrogens (primary N) is 1. The quantitative estimate of drug-likeness (QED) is 0.904. The zero-order valence-corrected chi connectivity index (χ0v) is 12.7. The molecule has 0 saturated heterocycles. The minimum absolute atomic E-state index is 0. The lowest BCUT2D eigenvalue weighted by atomic mass is 9.95. The van der Waals surface area contributed by atoms with Gasteiger partial charge in [-0.1, -0.05) is 6.07 Å². The van der Waals surface area contributed by atoms with Gasteiger partial charge in [0.25, 0.3) is 5.91 Å². The van der Waals surface area contributed by atoms with Gasteiger partial charge in [-0.25, -0.2) is 0 Å². The fourth-order valence-corrected chi connectivity index (χ4v) is 2.54. The van der Waals surface area contributed by atoms with E-state index < -0.39 is 0 Å². The van der Waals surface area contributed by atoms with E-state index in [9.17, 15) is 4.79 Å². The van der Waals surface area contributed by atoms with Crippen molar-refractivity contribution in [2.75, 3.05) is 6.54 Å². The number of hydrogen-bond donors (Lipinski definition) is 2. The lowest BCUT2D eigenvalue weighted by Gasteiger charge is -2.29. The van der Waals surface area contributed by atoms with E-state index in [0.29, 0.717) is 23.5 Å². The predicted molar refractivity (Wildman–Crippen MR) is 84.4 cm³/mol. The highest BCUT2D eigenvalue weighted by Crippen LogP contribution is 2.39. The molecule has 5 nitrogen and oxygen atoms in total. The summed E-state index contributed by atoms with van der Waals surface area (Å²) >= 11 is 0. The Labute approximate surface area is 129 Å². The summed E-state index contributed by atoms with van der Waals surface area (Å²) < 4.78 is 0. The molecule has 0 aliphatic heterocycles. The number of halogens is 1. The Morgan fingerprint density at radius 3 is 2.76 bits per heavy atom. The smallest absolute Gasteiger partial charge is 0.254 e. The average molecular weight is 307 g/mol. The number of nitrogens with zero attached hydrogens (tertiary/aromatic N) is 2. The Balaban J connectivity index is 0.00000161. The Morgan fingerprint density at radius 1 is 1.38 bits per heavy atom. The molecule has 2 aromatic rings. The molecule has 1 aromatic heterocycles. The first kappa shape index (κ1) is 15.7. The number of fused-ring (bicyclic) bond motifs is 1. The lowest BCUT2D eigenvalue weighted by molar-refractivity contribution is 0.0899. The molecule has 0 spiro atoms. The standard InChI is InChI=1S/C15H18N4O.ClH/c1-15(9-16,10-5-6-10)19-14(20)11-3-2-4-12-13(11)18-8-7-17-12;/h2-4,7-8,10H,5-6,9,16H2,1H3,(H,19,20);1H. The van der Waals surface area contributed by atoms with E-state index in [2.05, 4.69) is 15.3 Å². The number of nitrogens with one attached hydrogen (secondary N) is 1. The molecule has 6 heteroatoms. The van der Waals surface area contributed by atoms with Gasteiger partial charge in [0, 0.05) is 18.9 Å². The maximum absolute atomic E-state index is 12.5. The van der Waals surface area contributed by atoms with Crippen molar-refractivity contribution in [3.63, 3.8) is 0 Å². The highest BCUT2D eigenvalue weighted by Gasteiger charge is 2.41. The second kappa shape index (κ2) is 5.95. The number of benzene rings is 1. The summed E-state index contributed by atoms with van der Waals surface area (Å²) in [6, 6.07) is 5.45. The monoisotopic (exact) mass is 306 g/mol. The fourth-order valence-electron chi connectivity index (χ4n) is 2.54. The molecule has 3 N–H and O–H groups in total. The summed E-state index contributed by atoms with van der Waals surface area (Å²) in [6.07, 6.45) is 5.48. The van der Waals surface area contributed by atoms with Crippen molar-refractivity contribution in [3.05, 3.63) is 36.2 Å². The molecule has 1 amide bonds. The van der Waals surface area contributed by atoms with Crippen molar-refractivity contribution in [2.45, 2.75) is 25.3 Å². The number of aromatic nitrogens is 2. The van der Waals surface area contributed by atoms with Crippen LogP contribution in [0.2, 0.25) is 0 Å². The van der Waals surface area contributed by atoms with Crippen LogP contribution in [0.25, 0.3) is 11.0 Å². The second-order valence-corrected chi connectivity index (χ2v) is 5.58. The van der Waals surface area contributed by atoms with Crippen LogP contribution in [0, 0.1) is 5.92 Å². The van der Waals surface area contributed by atoms with Crippen molar-refractivity contribution in [2.24, 2.45) is 11.7 Å². The molecule has 1 heterocycles. The highest BCUT2D eigenvalue weighted by atomic mass is 35.5. The molecule has 1 fully saturated rings. The zero-order valence-electron chi connectivity index (χ0n) is 11.9. The van der Waals surface area contributed by atoms with Crippen molar-refractivity contribution < 1.29 is 4.79 Å². The molecule has 1 aliphatic carbocycles. The normalized spacial score (nSPS) is 16.9. The summed E-state index contributed by atoms with van der Waals surface area (Å²) in [5, 5.41) is 3.08. The molecule has 0 radical (unpaired) electrons. The maximum Gasteiger partial charge on any atom is 0.254 e. The van der Waals surface area contributed by atoms with Crippen molar-refractivity contribution in [1.29, 1.82) is 0 Å². The predicted octanol–water partition coefficient (Wildman–Crippen LogP) is 1.91. The maximum atomic E-state index is 12.5. The van der Waals surface area contributed by atoms with E-state index in [4.69, 9.17) is 5.73 Å². The molecular weight excluding hydrogens is 288 g/mol. The van der Waals surface area contributed by atoms with Crippen LogP contribution in [0.15, 0.2) is 30.6 Å². The molecule has 1 aromatic carbocycles. The number of carbonyl (C=O) groups excluding carboxylic acids is 1. The molecule has 1 saturated carbocycles. The van der Waals surface area contributed by atoms with Crippen molar-refractivity contribution >= 4 is 29.3 Å². The van der Waals surface area contributed by atoms with Crippen LogP contribution in [0.4, 0.5) is 0 Å². The molecule has 1 unspecified atom stereocenters. The van der Waals surface area contributed by atoms with Gasteiger partial charge in [-0.15, -0.1) is 12.4 Å². The number of amides is 1. The van der Waals surface area contributed by atoms with E-state index in [-0.39, 0.29) is 23.9 Å². The first-order valence-corrected chi connectivity index (χ1v) is 6.86. The number of hydrogen-bond acceptors (Lipinski definition) is 4. The Kier molecular flexibility index (Phi) is 4.44. The van der Waals surface area contributed by atoms with Crippen LogP contribution in [-0.2, 0) is 0 Å². The molecule has 21 heavy (non-hydrogen) atoms. The third kappa shape index (κ3) is 2.99. The van der Waals surface area contributed by atoms with Gasteiger partial charge in [-0.2, -0.15) is 0 Å². The molecule has 1 atom stereocenters. The van der Waals surface area contributed by atoms with Gasteiger partial charge in [-0.05, 0) is 37.8 Å². The van der Waals surface area contributed by atoms with E-state index in [1.165, 1.54) is 0 Å². The highest BCUT2D eigenvalue weighted by molar-refractivity contribution is 6.04. The number of carbonyl (C=O) groups is 1. The largest absolute Gasteiger partial charge is 0.345 e. The van der Waals surface area contributed by atoms with Crippen LogP contribution in [0.1, 0.15) is 30.1 Å². The Hall–Kier alpha value is -1.72. The summed E-state index contributed by atoms with van der Waals surface area (Å²) in [4.78, 5) is 21.0. The zero-order chi connectivity index (χ0) is 14.2. The third-order valence-electron chi connectivity index (χ3n) is 4.04. The number of rotatable bonds is 4. The van der Waals surface area contributed by atoms with Gasteiger partial charge in [0.15, 0.2) is 0 Å². The Bertz CT molecular complexity index is 654. The molecule has 0 bridgehead atoms. The van der Waals surface area contributed by atoms with Gasteiger partial charge in [0.05, 0.1) is 16.6 Å². The average Bonchev–Trinajstić information content (AvgIpc) is 3.31. The summed E-state index contributed by atoms with van der Waals surface area (Å²) in [5.41, 5.74) is 7.41. The SMILES string of the molecule is CC(CN)(NC(=O)c1cccc2nccnc12)C1CC1.Cl. The lowest BCUT2D eigenvalue weighted by Crippen LogP contribution is -2.53. The minimum atomic E-state index is -0.332. The van der Waals surface area contributed by atoms with Crippen LogP contribution < -0.4 is 11.1 Å². The van der Waals surface area contributed by atoms with Crippen molar-refractivity contribution in [3.8, 4) is 0 Å². The van der Waals surface area contributed by atoms with Crippen LogP contribution in [0.5, 0.6) is 0 Å². The molecule has 1 aliphatic rings. The molecular formula is C15H19ClN4O. The molecule has 112 valence electrons. The van der Waals surface area contributed by atoms with Gasteiger partial charge < -0.3 is 11.1 Å². The Morgan fingerprint density at radius 2 is 2.10 bits per heavy atom. The van der Waals surface area contributed by atoms with Gasteiger partial charge >= 0.3 is 0 Å². The first-order chi connectivity index (χ1) is 9.64. The second-order valence-electron chi connectivity index (χ2n) is 5.58. The first-order valence-electron chi connectivity index (χ1n) is 6.86. The van der Waals surface area contributed by atoms with Crippen LogP contribution in [-0.4, -0.2) is 28.0 Å². The van der Waals surface area contributed by atoms with E-state index in [1.54, 1.807) is 18.5 Å². The van der Waals surface area contributed by atoms with Crippen LogP contribution >= 0.6 is 12.4 Å². The van der Waals surface area contributed by atoms with E-state index in [0.717, 1.165) is 18.4 Å². The fraction of sp³-hybridized carbons (Fsp3) is 0.400. The van der Waals surface area contributed by atoms with E-state index in [1.807, 2.05) is 19.1 Å². The summed E-state index contributed by atoms with van der Waals surface area (Å²) in [6.45, 7) is 2.46. The molecule has 3 rings (SSSR count). The minimum Gasteiger partial charge on any atom is -0.345 e.